The average molecular weight is 669 g/mol. The number of hydrogen-bond acceptors (Lipinski definition) is 8. The molecule has 0 aliphatic carbocycles. The van der Waals surface area contributed by atoms with Crippen molar-refractivity contribution >= 4 is 50.5 Å². The highest BCUT2D eigenvalue weighted by Gasteiger charge is 2.35. The van der Waals surface area contributed by atoms with Crippen LogP contribution in [0.4, 0.5) is 30.5 Å². The van der Waals surface area contributed by atoms with E-state index in [-0.39, 0.29) is 30.2 Å². The highest BCUT2D eigenvalue weighted by Crippen LogP contribution is 2.36. The topological polar surface area (TPSA) is 106 Å². The average Bonchev–Trinajstić information content (AvgIpc) is 3.39. The maximum absolute atomic E-state index is 14.0. The fraction of sp³-hybridized carbons (Fsp3) is 0.552. The summed E-state index contributed by atoms with van der Waals surface area (Å²) >= 11 is 6.24. The lowest BCUT2D eigenvalue weighted by molar-refractivity contribution is -0.146. The van der Waals surface area contributed by atoms with Crippen molar-refractivity contribution in [2.45, 2.75) is 38.4 Å². The van der Waals surface area contributed by atoms with Crippen LogP contribution in [0.1, 0.15) is 48.3 Å². The van der Waals surface area contributed by atoms with E-state index in [1.54, 1.807) is 9.42 Å². The third-order valence-electron chi connectivity index (χ3n) is 8.51. The summed E-state index contributed by atoms with van der Waals surface area (Å²) in [5.74, 6) is 1.70. The van der Waals surface area contributed by atoms with Crippen molar-refractivity contribution in [2.24, 2.45) is 5.92 Å². The second-order valence-electron chi connectivity index (χ2n) is 12.3. The fourth-order valence-electron chi connectivity index (χ4n) is 6.41. The highest BCUT2D eigenvalue weighted by molar-refractivity contribution is 7.92. The molecule has 0 saturated carbocycles. The normalized spacial score (nSPS) is 20.5. The molecule has 1 N–H and O–H groups in total. The molecule has 6 rings (SSSR count). The largest absolute Gasteiger partial charge is 0.401 e. The van der Waals surface area contributed by atoms with Gasteiger partial charge < -0.3 is 14.7 Å². The third kappa shape index (κ3) is 7.09. The molecular weight excluding hydrogens is 633 g/mol. The Hall–Kier alpha value is -3.30. The molecule has 0 spiro atoms. The maximum Gasteiger partial charge on any atom is 0.401 e. The van der Waals surface area contributed by atoms with Gasteiger partial charge in [0, 0.05) is 63.0 Å². The van der Waals surface area contributed by atoms with Crippen molar-refractivity contribution in [1.29, 1.82) is 0 Å². The van der Waals surface area contributed by atoms with Gasteiger partial charge in [-0.15, -0.1) is 0 Å². The van der Waals surface area contributed by atoms with Crippen molar-refractivity contribution in [3.05, 3.63) is 46.6 Å². The van der Waals surface area contributed by atoms with Gasteiger partial charge in [-0.2, -0.15) is 22.8 Å². The van der Waals surface area contributed by atoms with E-state index in [9.17, 15) is 26.4 Å². The number of amides is 1. The maximum atomic E-state index is 14.0. The summed E-state index contributed by atoms with van der Waals surface area (Å²) < 4.78 is 67.3. The fourth-order valence-corrected chi connectivity index (χ4v) is 7.16. The molecule has 5 heterocycles. The molecule has 3 fully saturated rings. The Balaban J connectivity index is 1.34. The zero-order valence-corrected chi connectivity index (χ0v) is 26.7. The Bertz CT molecular complexity index is 1690. The van der Waals surface area contributed by atoms with E-state index in [1.165, 1.54) is 23.1 Å². The van der Waals surface area contributed by atoms with Crippen LogP contribution in [-0.2, 0) is 10.0 Å². The lowest BCUT2D eigenvalue weighted by Gasteiger charge is -2.39. The summed E-state index contributed by atoms with van der Waals surface area (Å²) in [5.41, 5.74) is 1.53. The number of hydrogen-bond donors (Lipinski definition) is 1. The third-order valence-corrected chi connectivity index (χ3v) is 9.34. The van der Waals surface area contributed by atoms with E-state index < -0.39 is 28.8 Å². The van der Waals surface area contributed by atoms with E-state index in [0.29, 0.717) is 48.3 Å². The number of nitrogens with one attached hydrogen (secondary N) is 1. The van der Waals surface area contributed by atoms with E-state index in [0.717, 1.165) is 43.8 Å². The van der Waals surface area contributed by atoms with Crippen LogP contribution in [0.15, 0.2) is 30.3 Å². The number of anilines is 3. The Morgan fingerprint density at radius 1 is 1.04 bits per heavy atom. The minimum atomic E-state index is -4.25. The van der Waals surface area contributed by atoms with Gasteiger partial charge in [0.05, 0.1) is 35.8 Å². The number of sulfonamides is 1. The monoisotopic (exact) mass is 668 g/mol. The summed E-state index contributed by atoms with van der Waals surface area (Å²) in [4.78, 5) is 26.2. The number of piperidine rings is 1. The number of halogens is 4. The van der Waals surface area contributed by atoms with Gasteiger partial charge >= 0.3 is 6.18 Å². The molecule has 1 atom stereocenters. The molecule has 45 heavy (non-hydrogen) atoms. The Labute approximate surface area is 265 Å². The summed E-state index contributed by atoms with van der Waals surface area (Å²) in [5, 5.41) is 5.25. The molecule has 3 saturated heterocycles. The number of aromatic nitrogens is 3. The molecule has 11 nitrogen and oxygen atoms in total. The molecule has 0 unspecified atom stereocenters. The number of nitrogens with zero attached hydrogens (tertiary/aromatic N) is 7. The number of carbonyl (C=O) groups is 1. The smallest absolute Gasteiger partial charge is 0.356 e. The number of alkyl halides is 3. The summed E-state index contributed by atoms with van der Waals surface area (Å²) in [6, 6.07) is 7.89. The summed E-state index contributed by atoms with van der Waals surface area (Å²) in [6.07, 6.45) is -0.946. The van der Waals surface area contributed by atoms with Gasteiger partial charge in [-0.1, -0.05) is 18.5 Å². The molecule has 16 heteroatoms. The number of fused-ring (bicyclic) bond motifs is 1. The van der Waals surface area contributed by atoms with Crippen molar-refractivity contribution in [3.8, 4) is 0 Å². The number of piperazine rings is 1. The van der Waals surface area contributed by atoms with Crippen molar-refractivity contribution in [2.75, 3.05) is 73.1 Å². The lowest BCUT2D eigenvalue weighted by atomic mass is 9.98. The van der Waals surface area contributed by atoms with E-state index in [4.69, 9.17) is 21.7 Å². The minimum Gasteiger partial charge on any atom is -0.356 e. The SMILES string of the molecule is CC1CN(c2cc(N3CCN(CC(F)(F)F)CC3)n3nc([C@@H]4CCCCN4C(=O)c4cc(Cl)ccc4NS(C)(=O)=O)cc3n2)C1. The first-order valence-corrected chi connectivity index (χ1v) is 17.3. The molecule has 0 bridgehead atoms. The van der Waals surface area contributed by atoms with E-state index in [1.807, 2.05) is 17.0 Å². The molecule has 3 aliphatic heterocycles. The summed E-state index contributed by atoms with van der Waals surface area (Å²) in [7, 11) is -3.66. The van der Waals surface area contributed by atoms with Gasteiger partial charge in [0.2, 0.25) is 10.0 Å². The van der Waals surface area contributed by atoms with Gasteiger partial charge in [0.25, 0.3) is 5.91 Å². The van der Waals surface area contributed by atoms with Crippen molar-refractivity contribution in [1.82, 2.24) is 24.4 Å². The highest BCUT2D eigenvalue weighted by atomic mass is 35.5. The number of benzene rings is 1. The van der Waals surface area contributed by atoms with E-state index in [2.05, 4.69) is 16.5 Å². The number of likely N-dealkylation sites (tertiary alicyclic amines) is 1. The summed E-state index contributed by atoms with van der Waals surface area (Å²) in [6.45, 7) is 4.73. The van der Waals surface area contributed by atoms with Crippen LogP contribution in [0.5, 0.6) is 0 Å². The second-order valence-corrected chi connectivity index (χ2v) is 14.5. The van der Waals surface area contributed by atoms with Crippen LogP contribution in [0.3, 0.4) is 0 Å². The van der Waals surface area contributed by atoms with Crippen LogP contribution >= 0.6 is 11.6 Å². The molecular formula is C29H36ClF3N8O3S. The van der Waals surface area contributed by atoms with Crippen LogP contribution < -0.4 is 14.5 Å². The standard InChI is InChI=1S/C29H36ClF3N8O3S/c1-19-16-39(17-19)25-15-27(38-11-9-37(10-12-38)18-29(31,32)33)41-26(34-25)14-23(35-41)24-5-3-4-8-40(24)28(42)21-13-20(30)6-7-22(21)36-45(2,43)44/h6-7,13-15,19,24,36H,3-5,8-12,16-18H2,1-2H3/t24-/m0/s1. The zero-order valence-electron chi connectivity index (χ0n) is 25.1. The minimum absolute atomic E-state index is 0.147. The van der Waals surface area contributed by atoms with Crippen molar-refractivity contribution in [3.63, 3.8) is 0 Å². The molecule has 3 aromatic rings. The van der Waals surface area contributed by atoms with Gasteiger partial charge in [0.15, 0.2) is 5.65 Å². The van der Waals surface area contributed by atoms with E-state index >= 15 is 0 Å². The Morgan fingerprint density at radius 3 is 2.44 bits per heavy atom. The van der Waals surface area contributed by atoms with Gasteiger partial charge in [-0.3, -0.25) is 14.4 Å². The first-order chi connectivity index (χ1) is 21.2. The first kappa shape index (κ1) is 31.7. The molecule has 1 amide bonds. The molecule has 2 aromatic heterocycles. The lowest BCUT2D eigenvalue weighted by Crippen LogP contribution is -2.50. The van der Waals surface area contributed by atoms with Crippen LogP contribution in [0, 0.1) is 5.92 Å². The van der Waals surface area contributed by atoms with Gasteiger partial charge in [0.1, 0.15) is 11.6 Å². The molecule has 0 radical (unpaired) electrons. The second kappa shape index (κ2) is 12.1. The number of carbonyl (C=O) groups excluding carboxylic acids is 1. The van der Waals surface area contributed by atoms with Crippen LogP contribution in [-0.4, -0.2) is 104 Å². The predicted octanol–water partition coefficient (Wildman–Crippen LogP) is 4.26. The molecule has 3 aliphatic rings. The van der Waals surface area contributed by atoms with Crippen LogP contribution in [0.25, 0.3) is 5.65 Å². The zero-order chi connectivity index (χ0) is 32.1. The molecule has 1 aromatic carbocycles. The number of rotatable bonds is 7. The quantitative estimate of drug-likeness (QED) is 0.398. The molecule has 244 valence electrons. The van der Waals surface area contributed by atoms with Gasteiger partial charge in [-0.05, 0) is 43.4 Å². The van der Waals surface area contributed by atoms with Gasteiger partial charge in [-0.25, -0.2) is 13.4 Å². The van der Waals surface area contributed by atoms with Crippen molar-refractivity contribution < 1.29 is 26.4 Å². The predicted molar refractivity (Wildman–Crippen MR) is 167 cm³/mol. The van der Waals surface area contributed by atoms with Crippen LogP contribution in [0.2, 0.25) is 5.02 Å². The Morgan fingerprint density at radius 2 is 1.78 bits per heavy atom. The Kier molecular flexibility index (Phi) is 8.54. The first-order valence-electron chi connectivity index (χ1n) is 15.0.